The highest BCUT2D eigenvalue weighted by molar-refractivity contribution is 5.77. The fourth-order valence-electron chi connectivity index (χ4n) is 2.66. The first-order valence-corrected chi connectivity index (χ1v) is 8.27. The number of aliphatic imine (C=N–C) groups is 1. The molecule has 1 saturated heterocycles. The van der Waals surface area contributed by atoms with Crippen molar-refractivity contribution < 1.29 is 4.42 Å². The lowest BCUT2D eigenvalue weighted by atomic mass is 9.97. The number of aryl methyl sites for hydroxylation is 2. The number of piperidine rings is 1. The van der Waals surface area contributed by atoms with E-state index in [-0.39, 0.29) is 0 Å². The molecule has 0 saturated carbocycles. The fraction of sp³-hybridized carbons (Fsp3) is 0.750. The first kappa shape index (κ1) is 16.8. The summed E-state index contributed by atoms with van der Waals surface area (Å²) in [6.07, 6.45) is 3.38. The van der Waals surface area contributed by atoms with E-state index in [9.17, 15) is 0 Å². The van der Waals surface area contributed by atoms with E-state index in [1.165, 1.54) is 0 Å². The molecule has 1 fully saturated rings. The molecule has 6 nitrogen and oxygen atoms in total. The van der Waals surface area contributed by atoms with Crippen LogP contribution in [0.2, 0.25) is 0 Å². The van der Waals surface area contributed by atoms with Gasteiger partial charge in [-0.2, -0.15) is 0 Å². The Morgan fingerprint density at radius 1 is 1.41 bits per heavy atom. The van der Waals surface area contributed by atoms with Crippen LogP contribution in [0.4, 0.5) is 0 Å². The Morgan fingerprint density at radius 3 is 2.73 bits per heavy atom. The van der Waals surface area contributed by atoms with Gasteiger partial charge in [0.15, 0.2) is 5.96 Å². The van der Waals surface area contributed by atoms with Crippen molar-refractivity contribution >= 4 is 5.96 Å². The predicted octanol–water partition coefficient (Wildman–Crippen LogP) is 1.82. The van der Waals surface area contributed by atoms with Gasteiger partial charge >= 0.3 is 0 Å². The van der Waals surface area contributed by atoms with Crippen LogP contribution in [-0.4, -0.2) is 42.0 Å². The molecule has 1 aliphatic heterocycles. The number of nitrogens with zero attached hydrogens (tertiary/aromatic N) is 3. The van der Waals surface area contributed by atoms with Gasteiger partial charge in [-0.25, -0.2) is 4.98 Å². The Labute approximate surface area is 133 Å². The molecule has 0 atom stereocenters. The summed E-state index contributed by atoms with van der Waals surface area (Å²) in [4.78, 5) is 11.3. The molecule has 0 amide bonds. The Morgan fingerprint density at radius 2 is 2.14 bits per heavy atom. The summed E-state index contributed by atoms with van der Waals surface area (Å²) >= 11 is 0. The third kappa shape index (κ3) is 5.02. The SMILES string of the molecule is CCCNC(N)=NCC1CCN(Cc2nc(C)c(C)o2)CC1. The zero-order valence-electron chi connectivity index (χ0n) is 14.1. The van der Waals surface area contributed by atoms with Crippen LogP contribution in [0.15, 0.2) is 9.41 Å². The first-order chi connectivity index (χ1) is 10.6. The lowest BCUT2D eigenvalue weighted by Gasteiger charge is -2.30. The van der Waals surface area contributed by atoms with Crippen LogP contribution in [0, 0.1) is 19.8 Å². The summed E-state index contributed by atoms with van der Waals surface area (Å²) in [5.41, 5.74) is 6.83. The van der Waals surface area contributed by atoms with Crippen LogP contribution in [0.3, 0.4) is 0 Å². The summed E-state index contributed by atoms with van der Waals surface area (Å²) in [7, 11) is 0. The number of hydrogen-bond donors (Lipinski definition) is 2. The number of hydrogen-bond acceptors (Lipinski definition) is 4. The largest absolute Gasteiger partial charge is 0.444 e. The highest BCUT2D eigenvalue weighted by atomic mass is 16.4. The highest BCUT2D eigenvalue weighted by Crippen LogP contribution is 2.19. The molecule has 0 radical (unpaired) electrons. The number of oxazole rings is 1. The molecule has 22 heavy (non-hydrogen) atoms. The van der Waals surface area contributed by atoms with Gasteiger partial charge in [0.05, 0.1) is 12.2 Å². The van der Waals surface area contributed by atoms with Gasteiger partial charge in [0, 0.05) is 13.1 Å². The Kier molecular flexibility index (Phi) is 6.24. The van der Waals surface area contributed by atoms with Gasteiger partial charge in [-0.05, 0) is 52.1 Å². The van der Waals surface area contributed by atoms with Crippen LogP contribution in [0.5, 0.6) is 0 Å². The zero-order chi connectivity index (χ0) is 15.9. The molecule has 1 aromatic rings. The summed E-state index contributed by atoms with van der Waals surface area (Å²) in [6, 6.07) is 0. The normalized spacial score (nSPS) is 17.9. The molecular formula is C16H29N5O. The molecule has 2 heterocycles. The van der Waals surface area contributed by atoms with E-state index in [2.05, 4.69) is 27.1 Å². The van der Waals surface area contributed by atoms with Gasteiger partial charge in [0.2, 0.25) is 5.89 Å². The maximum atomic E-state index is 5.83. The number of aromatic nitrogens is 1. The standard InChI is InChI=1S/C16H29N5O/c1-4-7-18-16(17)19-10-14-5-8-21(9-6-14)11-15-20-12(2)13(3)22-15/h14H,4-11H2,1-3H3,(H3,17,18,19). The topological polar surface area (TPSA) is 79.7 Å². The van der Waals surface area contributed by atoms with Crippen LogP contribution in [0.25, 0.3) is 0 Å². The Hall–Kier alpha value is -1.56. The van der Waals surface area contributed by atoms with E-state index < -0.39 is 0 Å². The van der Waals surface area contributed by atoms with Crippen molar-refractivity contribution in [1.29, 1.82) is 0 Å². The zero-order valence-corrected chi connectivity index (χ0v) is 14.1. The molecule has 1 aliphatic rings. The number of guanidine groups is 1. The number of rotatable bonds is 6. The third-order valence-corrected chi connectivity index (χ3v) is 4.21. The molecule has 0 unspecified atom stereocenters. The van der Waals surface area contributed by atoms with Crippen molar-refractivity contribution in [2.45, 2.75) is 46.6 Å². The lowest BCUT2D eigenvalue weighted by Crippen LogP contribution is -2.36. The number of nitrogens with one attached hydrogen (secondary N) is 1. The van der Waals surface area contributed by atoms with Crippen molar-refractivity contribution in [1.82, 2.24) is 15.2 Å². The van der Waals surface area contributed by atoms with E-state index in [0.29, 0.717) is 11.9 Å². The molecule has 6 heteroatoms. The molecule has 0 bridgehead atoms. The minimum atomic E-state index is 0.579. The number of likely N-dealkylation sites (tertiary alicyclic amines) is 1. The molecule has 3 N–H and O–H groups in total. The van der Waals surface area contributed by atoms with E-state index in [1.807, 2.05) is 13.8 Å². The van der Waals surface area contributed by atoms with Crippen LogP contribution >= 0.6 is 0 Å². The van der Waals surface area contributed by atoms with Crippen molar-refractivity contribution in [2.75, 3.05) is 26.2 Å². The van der Waals surface area contributed by atoms with Crippen LogP contribution in [0.1, 0.15) is 43.5 Å². The van der Waals surface area contributed by atoms with Crippen LogP contribution < -0.4 is 11.1 Å². The fourth-order valence-corrected chi connectivity index (χ4v) is 2.66. The Balaban J connectivity index is 1.71. The molecular weight excluding hydrogens is 278 g/mol. The molecule has 2 rings (SSSR count). The monoisotopic (exact) mass is 307 g/mol. The molecule has 0 aromatic carbocycles. The second-order valence-corrected chi connectivity index (χ2v) is 6.12. The Bertz CT molecular complexity index is 469. The maximum Gasteiger partial charge on any atom is 0.208 e. The molecule has 124 valence electrons. The lowest BCUT2D eigenvalue weighted by molar-refractivity contribution is 0.166. The quantitative estimate of drug-likeness (QED) is 0.619. The predicted molar refractivity (Wildman–Crippen MR) is 88.8 cm³/mol. The van der Waals surface area contributed by atoms with Crippen molar-refractivity contribution in [2.24, 2.45) is 16.6 Å². The molecule has 0 spiro atoms. The second kappa shape index (κ2) is 8.17. The van der Waals surface area contributed by atoms with E-state index >= 15 is 0 Å². The molecule has 1 aromatic heterocycles. The van der Waals surface area contributed by atoms with Crippen molar-refractivity contribution in [3.05, 3.63) is 17.3 Å². The summed E-state index contributed by atoms with van der Waals surface area (Å²) in [5.74, 6) is 2.97. The average molecular weight is 307 g/mol. The molecule has 0 aliphatic carbocycles. The smallest absolute Gasteiger partial charge is 0.208 e. The summed E-state index contributed by atoms with van der Waals surface area (Å²) < 4.78 is 5.66. The first-order valence-electron chi connectivity index (χ1n) is 8.27. The minimum absolute atomic E-state index is 0.579. The van der Waals surface area contributed by atoms with E-state index in [0.717, 1.165) is 69.3 Å². The van der Waals surface area contributed by atoms with Gasteiger partial charge < -0.3 is 15.5 Å². The third-order valence-electron chi connectivity index (χ3n) is 4.21. The summed E-state index contributed by atoms with van der Waals surface area (Å²) in [6.45, 7) is 10.7. The van der Waals surface area contributed by atoms with E-state index in [4.69, 9.17) is 10.2 Å². The highest BCUT2D eigenvalue weighted by Gasteiger charge is 2.20. The second-order valence-electron chi connectivity index (χ2n) is 6.12. The van der Waals surface area contributed by atoms with Gasteiger partial charge in [-0.1, -0.05) is 6.92 Å². The minimum Gasteiger partial charge on any atom is -0.444 e. The van der Waals surface area contributed by atoms with Gasteiger partial charge in [-0.3, -0.25) is 9.89 Å². The van der Waals surface area contributed by atoms with Crippen molar-refractivity contribution in [3.63, 3.8) is 0 Å². The van der Waals surface area contributed by atoms with Gasteiger partial charge in [0.1, 0.15) is 5.76 Å². The van der Waals surface area contributed by atoms with E-state index in [1.54, 1.807) is 0 Å². The van der Waals surface area contributed by atoms with Crippen molar-refractivity contribution in [3.8, 4) is 0 Å². The number of nitrogens with two attached hydrogens (primary N) is 1. The van der Waals surface area contributed by atoms with Gasteiger partial charge in [-0.15, -0.1) is 0 Å². The van der Waals surface area contributed by atoms with Gasteiger partial charge in [0.25, 0.3) is 0 Å². The average Bonchev–Trinajstić information content (AvgIpc) is 2.82. The summed E-state index contributed by atoms with van der Waals surface area (Å²) in [5, 5.41) is 3.12. The maximum absolute atomic E-state index is 5.83. The van der Waals surface area contributed by atoms with Crippen LogP contribution in [-0.2, 0) is 6.54 Å².